The van der Waals surface area contributed by atoms with Gasteiger partial charge in [0.2, 0.25) is 0 Å². The van der Waals surface area contributed by atoms with E-state index in [0.717, 1.165) is 22.4 Å². The van der Waals surface area contributed by atoms with Crippen molar-refractivity contribution in [2.24, 2.45) is 5.10 Å². The van der Waals surface area contributed by atoms with Crippen LogP contribution >= 0.6 is 0 Å². The van der Waals surface area contributed by atoms with Crippen molar-refractivity contribution >= 4 is 22.8 Å². The predicted octanol–water partition coefficient (Wildman–Crippen LogP) is 5.59. The van der Waals surface area contributed by atoms with E-state index in [4.69, 9.17) is 9.47 Å². The number of nitriles is 1. The lowest BCUT2D eigenvalue weighted by molar-refractivity contribution is 0.184. The fraction of sp³-hybridized carbons (Fsp3) is 0.148. The molecule has 4 aromatic rings. The van der Waals surface area contributed by atoms with Crippen LogP contribution in [0.3, 0.4) is 0 Å². The maximum Gasteiger partial charge on any atom is 0.164 e. The molecule has 1 N–H and O–H groups in total. The average molecular weight is 437 g/mol. The molecule has 0 bridgehead atoms. The molecular formula is C27H24N4O2. The van der Waals surface area contributed by atoms with Crippen LogP contribution in [-0.4, -0.2) is 18.3 Å². The molecule has 4 rings (SSSR count). The van der Waals surface area contributed by atoms with E-state index in [2.05, 4.69) is 45.8 Å². The summed E-state index contributed by atoms with van der Waals surface area (Å²) in [5.41, 5.74) is 6.79. The van der Waals surface area contributed by atoms with Gasteiger partial charge in [-0.25, -0.2) is 4.98 Å². The highest BCUT2D eigenvalue weighted by Crippen LogP contribution is 2.23. The lowest BCUT2D eigenvalue weighted by atomic mass is 10.1. The van der Waals surface area contributed by atoms with E-state index in [0.29, 0.717) is 30.3 Å². The number of aryl methyl sites for hydroxylation is 1. The summed E-state index contributed by atoms with van der Waals surface area (Å²) >= 11 is 0. The molecule has 0 amide bonds. The van der Waals surface area contributed by atoms with E-state index in [-0.39, 0.29) is 0 Å². The van der Waals surface area contributed by atoms with Crippen LogP contribution in [0.25, 0.3) is 10.8 Å². The van der Waals surface area contributed by atoms with Gasteiger partial charge in [-0.15, -0.1) is 0 Å². The van der Waals surface area contributed by atoms with Crippen molar-refractivity contribution in [3.05, 3.63) is 101 Å². The summed E-state index contributed by atoms with van der Waals surface area (Å²) in [5.74, 6) is 1.11. The Bertz CT molecular complexity index is 1340. The first kappa shape index (κ1) is 22.0. The Hall–Kier alpha value is -4.21. The molecular weight excluding hydrogens is 412 g/mol. The minimum atomic E-state index is 0.329. The SMILES string of the molecule is COCc1cc(C)nc(N/N=C\c2ccccc2OCc2cccc3ccccc23)c1C#N. The molecule has 0 aliphatic heterocycles. The summed E-state index contributed by atoms with van der Waals surface area (Å²) in [4.78, 5) is 4.41. The maximum atomic E-state index is 9.57. The van der Waals surface area contributed by atoms with Gasteiger partial charge in [-0.1, -0.05) is 54.6 Å². The van der Waals surface area contributed by atoms with Gasteiger partial charge in [-0.2, -0.15) is 10.4 Å². The fourth-order valence-electron chi connectivity index (χ4n) is 3.67. The smallest absolute Gasteiger partial charge is 0.164 e. The predicted molar refractivity (Wildman–Crippen MR) is 130 cm³/mol. The van der Waals surface area contributed by atoms with Crippen molar-refractivity contribution in [3.8, 4) is 11.8 Å². The Morgan fingerprint density at radius 3 is 2.64 bits per heavy atom. The molecule has 0 saturated carbocycles. The molecule has 0 spiro atoms. The number of aromatic nitrogens is 1. The Morgan fingerprint density at radius 2 is 1.79 bits per heavy atom. The number of methoxy groups -OCH3 is 1. The number of fused-ring (bicyclic) bond motifs is 1. The largest absolute Gasteiger partial charge is 0.488 e. The third kappa shape index (κ3) is 5.17. The summed E-state index contributed by atoms with van der Waals surface area (Å²) in [5, 5.41) is 16.3. The van der Waals surface area contributed by atoms with Gasteiger partial charge in [0.25, 0.3) is 0 Å². The Kier molecular flexibility index (Phi) is 6.93. The molecule has 6 heteroatoms. The minimum Gasteiger partial charge on any atom is -0.488 e. The first-order valence-electron chi connectivity index (χ1n) is 10.6. The molecule has 0 fully saturated rings. The highest BCUT2D eigenvalue weighted by atomic mass is 16.5. The second-order valence-electron chi connectivity index (χ2n) is 7.53. The van der Waals surface area contributed by atoms with Gasteiger partial charge in [-0.3, -0.25) is 5.43 Å². The van der Waals surface area contributed by atoms with Crippen LogP contribution in [0.5, 0.6) is 5.75 Å². The molecule has 6 nitrogen and oxygen atoms in total. The zero-order valence-corrected chi connectivity index (χ0v) is 18.6. The first-order valence-corrected chi connectivity index (χ1v) is 10.6. The normalized spacial score (nSPS) is 10.9. The van der Waals surface area contributed by atoms with E-state index in [1.54, 1.807) is 13.3 Å². The van der Waals surface area contributed by atoms with Crippen LogP contribution in [0.4, 0.5) is 5.82 Å². The lowest BCUT2D eigenvalue weighted by Crippen LogP contribution is -2.04. The Labute approximate surface area is 193 Å². The summed E-state index contributed by atoms with van der Waals surface area (Å²) < 4.78 is 11.3. The summed E-state index contributed by atoms with van der Waals surface area (Å²) in [6.45, 7) is 2.64. The summed E-state index contributed by atoms with van der Waals surface area (Å²) in [6.07, 6.45) is 1.67. The third-order valence-corrected chi connectivity index (χ3v) is 5.20. The zero-order chi connectivity index (χ0) is 23.0. The quantitative estimate of drug-likeness (QED) is 0.288. The van der Waals surface area contributed by atoms with E-state index in [9.17, 15) is 5.26 Å². The molecule has 3 aromatic carbocycles. The summed E-state index contributed by atoms with van der Waals surface area (Å²) in [7, 11) is 1.59. The number of nitrogens with one attached hydrogen (secondary N) is 1. The van der Waals surface area contributed by atoms with Crippen molar-refractivity contribution in [2.75, 3.05) is 12.5 Å². The van der Waals surface area contributed by atoms with Gasteiger partial charge in [0.05, 0.1) is 12.8 Å². The third-order valence-electron chi connectivity index (χ3n) is 5.20. The molecule has 0 saturated heterocycles. The number of hydrogen-bond donors (Lipinski definition) is 1. The monoisotopic (exact) mass is 436 g/mol. The van der Waals surface area contributed by atoms with E-state index >= 15 is 0 Å². The van der Waals surface area contributed by atoms with E-state index in [1.165, 1.54) is 10.8 Å². The zero-order valence-electron chi connectivity index (χ0n) is 18.6. The number of anilines is 1. The molecule has 0 atom stereocenters. The van der Waals surface area contributed by atoms with E-state index < -0.39 is 0 Å². The molecule has 1 aromatic heterocycles. The van der Waals surface area contributed by atoms with Crippen molar-refractivity contribution in [1.82, 2.24) is 4.98 Å². The van der Waals surface area contributed by atoms with Crippen molar-refractivity contribution in [3.63, 3.8) is 0 Å². The molecule has 33 heavy (non-hydrogen) atoms. The number of hydrazone groups is 1. The number of rotatable bonds is 8. The first-order chi connectivity index (χ1) is 16.2. The highest BCUT2D eigenvalue weighted by molar-refractivity contribution is 5.86. The van der Waals surface area contributed by atoms with Gasteiger partial charge in [0.1, 0.15) is 24.0 Å². The van der Waals surface area contributed by atoms with Crippen molar-refractivity contribution in [1.29, 1.82) is 5.26 Å². The van der Waals surface area contributed by atoms with Crippen LogP contribution in [0, 0.1) is 18.3 Å². The van der Waals surface area contributed by atoms with Crippen LogP contribution in [0.1, 0.15) is 27.9 Å². The maximum absolute atomic E-state index is 9.57. The van der Waals surface area contributed by atoms with Crippen LogP contribution in [-0.2, 0) is 18.0 Å². The van der Waals surface area contributed by atoms with Gasteiger partial charge in [0.15, 0.2) is 5.82 Å². The van der Waals surface area contributed by atoms with Crippen LogP contribution in [0.2, 0.25) is 0 Å². The van der Waals surface area contributed by atoms with Crippen molar-refractivity contribution < 1.29 is 9.47 Å². The summed E-state index contributed by atoms with van der Waals surface area (Å²) in [6, 6.07) is 26.2. The fourth-order valence-corrected chi connectivity index (χ4v) is 3.67. The number of para-hydroxylation sites is 1. The lowest BCUT2D eigenvalue weighted by Gasteiger charge is -2.11. The Balaban J connectivity index is 1.52. The Morgan fingerprint density at radius 1 is 1.00 bits per heavy atom. The number of pyridine rings is 1. The molecule has 164 valence electrons. The minimum absolute atomic E-state index is 0.329. The van der Waals surface area contributed by atoms with Gasteiger partial charge in [-0.05, 0) is 41.5 Å². The topological polar surface area (TPSA) is 79.5 Å². The number of ether oxygens (including phenoxy) is 2. The van der Waals surface area contributed by atoms with Gasteiger partial charge in [0, 0.05) is 23.9 Å². The second-order valence-corrected chi connectivity index (χ2v) is 7.53. The molecule has 0 unspecified atom stereocenters. The molecule has 0 aliphatic rings. The molecule has 1 heterocycles. The number of nitrogens with zero attached hydrogens (tertiary/aromatic N) is 3. The van der Waals surface area contributed by atoms with E-state index in [1.807, 2.05) is 55.5 Å². The van der Waals surface area contributed by atoms with Gasteiger partial charge >= 0.3 is 0 Å². The van der Waals surface area contributed by atoms with Gasteiger partial charge < -0.3 is 9.47 Å². The molecule has 0 radical (unpaired) electrons. The molecule has 0 aliphatic carbocycles. The second kappa shape index (κ2) is 10.4. The number of hydrogen-bond acceptors (Lipinski definition) is 6. The average Bonchev–Trinajstić information content (AvgIpc) is 2.83. The van der Waals surface area contributed by atoms with Crippen molar-refractivity contribution in [2.45, 2.75) is 20.1 Å². The number of benzene rings is 3. The van der Waals surface area contributed by atoms with Crippen LogP contribution in [0.15, 0.2) is 77.9 Å². The van der Waals surface area contributed by atoms with Crippen LogP contribution < -0.4 is 10.2 Å². The highest BCUT2D eigenvalue weighted by Gasteiger charge is 2.11. The standard InChI is InChI=1S/C27H24N4O2/c1-19-14-23(17-32-2)25(15-28)27(30-19)31-29-16-21-9-4-6-13-26(21)33-18-22-11-7-10-20-8-3-5-12-24(20)22/h3-14,16H,17-18H2,1-2H3,(H,30,31)/b29-16-.